The molecule has 0 aromatic heterocycles. The molecule has 0 spiro atoms. The molecule has 10 nitrogen and oxygen atoms in total. The zero-order valence-electron chi connectivity index (χ0n) is 12.0. The molecule has 0 bridgehead atoms. The molecule has 0 atom stereocenters. The third-order valence-corrected chi connectivity index (χ3v) is 2.39. The molecular formula is C13H12N2O8. The second-order valence-corrected chi connectivity index (χ2v) is 4.31. The fourth-order valence-corrected chi connectivity index (χ4v) is 1.47. The van der Waals surface area contributed by atoms with Gasteiger partial charge in [-0.05, 0) is 30.7 Å². The molecule has 0 N–H and O–H groups in total. The minimum atomic E-state index is -1.09. The number of esters is 1. The predicted molar refractivity (Wildman–Crippen MR) is 75.4 cm³/mol. The molecule has 0 saturated carbocycles. The fourth-order valence-electron chi connectivity index (χ4n) is 1.47. The number of carbonyl (C=O) groups excluding carboxylic acids is 2. The summed E-state index contributed by atoms with van der Waals surface area (Å²) in [4.78, 5) is 46.6. The van der Waals surface area contributed by atoms with Crippen molar-refractivity contribution >= 4 is 23.5 Å². The Morgan fingerprint density at radius 3 is 2.26 bits per heavy atom. The molecule has 122 valence electrons. The summed E-state index contributed by atoms with van der Waals surface area (Å²) in [6.07, 6.45) is 0.733. The van der Waals surface area contributed by atoms with E-state index in [0.717, 1.165) is 0 Å². The van der Waals surface area contributed by atoms with Gasteiger partial charge in [-0.2, -0.15) is 0 Å². The minimum absolute atomic E-state index is 0.146. The third-order valence-electron chi connectivity index (χ3n) is 2.39. The first kappa shape index (κ1) is 17.8. The van der Waals surface area contributed by atoms with Crippen LogP contribution < -0.4 is 0 Å². The van der Waals surface area contributed by atoms with E-state index in [1.165, 1.54) is 37.3 Å². The normalized spacial score (nSPS) is 10.7. The lowest BCUT2D eigenvalue weighted by atomic mass is 10.2. The zero-order chi connectivity index (χ0) is 17.4. The lowest BCUT2D eigenvalue weighted by Crippen LogP contribution is -2.13. The van der Waals surface area contributed by atoms with Crippen molar-refractivity contribution in [2.24, 2.45) is 0 Å². The maximum Gasteiger partial charge on any atom is 0.313 e. The van der Waals surface area contributed by atoms with Crippen LogP contribution in [-0.4, -0.2) is 28.4 Å². The van der Waals surface area contributed by atoms with Crippen LogP contribution in [-0.2, 0) is 19.2 Å². The maximum absolute atomic E-state index is 11.2. The summed E-state index contributed by atoms with van der Waals surface area (Å²) >= 11 is 0. The molecule has 10 heteroatoms. The van der Waals surface area contributed by atoms with Crippen molar-refractivity contribution in [3.05, 3.63) is 55.8 Å². The molecule has 1 aromatic rings. The van der Waals surface area contributed by atoms with Crippen molar-refractivity contribution in [1.29, 1.82) is 0 Å². The summed E-state index contributed by atoms with van der Waals surface area (Å²) in [5.74, 6) is -1.56. The molecule has 0 aliphatic carbocycles. The molecule has 1 rings (SSSR count). The highest BCUT2D eigenvalue weighted by molar-refractivity contribution is 5.94. The number of hydrogen-bond donors (Lipinski definition) is 0. The van der Waals surface area contributed by atoms with Crippen molar-refractivity contribution in [2.45, 2.75) is 13.3 Å². The molecule has 0 amide bonds. The highest BCUT2D eigenvalue weighted by Gasteiger charge is 2.11. The number of hydrogen-bond acceptors (Lipinski definition) is 8. The van der Waals surface area contributed by atoms with Gasteiger partial charge in [-0.1, -0.05) is 0 Å². The Labute approximate surface area is 129 Å². The van der Waals surface area contributed by atoms with Crippen molar-refractivity contribution in [1.82, 2.24) is 0 Å². The first-order chi connectivity index (χ1) is 10.8. The zero-order valence-corrected chi connectivity index (χ0v) is 12.0. The van der Waals surface area contributed by atoms with E-state index in [-0.39, 0.29) is 11.4 Å². The Bertz CT molecular complexity index is 650. The summed E-state index contributed by atoms with van der Waals surface area (Å²) in [7, 11) is 0. The highest BCUT2D eigenvalue weighted by Crippen LogP contribution is 2.15. The number of nitro groups is 1. The lowest BCUT2D eigenvalue weighted by Gasteiger charge is -2.06. The number of ketones is 1. The van der Waals surface area contributed by atoms with Crippen molar-refractivity contribution in [3.8, 4) is 0 Å². The Hall–Kier alpha value is -3.30. The number of nitrogens with zero attached hydrogens (tertiary/aromatic N) is 2. The van der Waals surface area contributed by atoms with Crippen LogP contribution in [0.5, 0.6) is 0 Å². The Kier molecular flexibility index (Phi) is 6.34. The molecule has 0 fully saturated rings. The van der Waals surface area contributed by atoms with E-state index in [1.807, 2.05) is 0 Å². The first-order valence-electron chi connectivity index (χ1n) is 6.20. The molecule has 0 saturated heterocycles. The van der Waals surface area contributed by atoms with Gasteiger partial charge in [-0.25, -0.2) is 0 Å². The highest BCUT2D eigenvalue weighted by atomic mass is 17.0. The number of benzene rings is 1. The van der Waals surface area contributed by atoms with Crippen LogP contribution in [0, 0.1) is 20.2 Å². The van der Waals surface area contributed by atoms with Gasteiger partial charge < -0.3 is 4.74 Å². The smallest absolute Gasteiger partial charge is 0.313 e. The van der Waals surface area contributed by atoms with Crippen LogP contribution in [0.15, 0.2) is 30.0 Å². The van der Waals surface area contributed by atoms with Gasteiger partial charge >= 0.3 is 5.97 Å². The summed E-state index contributed by atoms with van der Waals surface area (Å²) in [5.41, 5.74) is 0.224. The molecule has 0 unspecified atom stereocenters. The summed E-state index contributed by atoms with van der Waals surface area (Å²) in [6.45, 7) is 0.645. The van der Waals surface area contributed by atoms with E-state index in [1.54, 1.807) is 0 Å². The van der Waals surface area contributed by atoms with E-state index >= 15 is 0 Å². The number of ether oxygens (including phenoxy) is 1. The van der Waals surface area contributed by atoms with Crippen LogP contribution in [0.2, 0.25) is 0 Å². The minimum Gasteiger partial charge on any atom is -0.459 e. The number of Topliss-reactive ketones (excluding diaryl/α,β-unsaturated/α-hetero) is 1. The van der Waals surface area contributed by atoms with Gasteiger partial charge in [0.1, 0.15) is 24.6 Å². The number of non-ortho nitro benzene ring substituents is 1. The van der Waals surface area contributed by atoms with Gasteiger partial charge in [0.25, 0.3) is 10.8 Å². The van der Waals surface area contributed by atoms with Gasteiger partial charge in [0.05, 0.1) is 4.92 Å². The van der Waals surface area contributed by atoms with Crippen LogP contribution in [0.4, 0.5) is 5.69 Å². The third kappa shape index (κ3) is 6.80. The van der Waals surface area contributed by atoms with Gasteiger partial charge in [-0.15, -0.1) is 10.1 Å². The quantitative estimate of drug-likeness (QED) is 0.231. The van der Waals surface area contributed by atoms with Crippen molar-refractivity contribution in [3.63, 3.8) is 0 Å². The van der Waals surface area contributed by atoms with Gasteiger partial charge in [-0.3, -0.25) is 24.5 Å². The van der Waals surface area contributed by atoms with Gasteiger partial charge in [0, 0.05) is 12.1 Å². The van der Waals surface area contributed by atoms with E-state index in [0.29, 0.717) is 5.56 Å². The molecule has 0 heterocycles. The summed E-state index contributed by atoms with van der Waals surface area (Å²) in [5, 5.41) is 19.9. The standard InChI is InChI=1S/C13H12N2O8/c1-9(16)6-13(17)22-8-12(23-15(20)21)7-10-2-4-11(5-3-10)14(18)19/h2-5,7H,6,8H2,1H3/b12-7-. The van der Waals surface area contributed by atoms with Crippen LogP contribution in [0.25, 0.3) is 6.08 Å². The maximum atomic E-state index is 11.2. The topological polar surface area (TPSA) is 139 Å². The SMILES string of the molecule is CC(=O)CC(=O)OC/C(=C/c1ccc([N+](=O)[O-])cc1)O[N+](=O)[O-]. The van der Waals surface area contributed by atoms with Crippen molar-refractivity contribution < 1.29 is 29.2 Å². The average Bonchev–Trinajstić information content (AvgIpc) is 2.44. The Morgan fingerprint density at radius 2 is 1.78 bits per heavy atom. The molecule has 1 aromatic carbocycles. The van der Waals surface area contributed by atoms with Crippen molar-refractivity contribution in [2.75, 3.05) is 6.61 Å². The number of carbonyl (C=O) groups is 2. The molecule has 0 aliphatic rings. The van der Waals surface area contributed by atoms with Crippen LogP contribution in [0.1, 0.15) is 18.9 Å². The summed E-state index contributed by atoms with van der Waals surface area (Å²) in [6, 6.07) is 5.10. The van der Waals surface area contributed by atoms with Crippen LogP contribution in [0.3, 0.4) is 0 Å². The fraction of sp³-hybridized carbons (Fsp3) is 0.231. The number of rotatable bonds is 8. The predicted octanol–water partition coefficient (Wildman–Crippen LogP) is 1.67. The van der Waals surface area contributed by atoms with E-state index < -0.39 is 34.8 Å². The first-order valence-corrected chi connectivity index (χ1v) is 6.20. The lowest BCUT2D eigenvalue weighted by molar-refractivity contribution is -0.743. The van der Waals surface area contributed by atoms with E-state index in [9.17, 15) is 29.8 Å². The molecular weight excluding hydrogens is 312 g/mol. The monoisotopic (exact) mass is 324 g/mol. The van der Waals surface area contributed by atoms with Crippen LogP contribution >= 0.6 is 0 Å². The number of nitro benzene ring substituents is 1. The van der Waals surface area contributed by atoms with E-state index in [4.69, 9.17) is 0 Å². The molecule has 0 radical (unpaired) electrons. The van der Waals surface area contributed by atoms with Gasteiger partial charge in [0.15, 0.2) is 0 Å². The van der Waals surface area contributed by atoms with Gasteiger partial charge in [0.2, 0.25) is 0 Å². The second-order valence-electron chi connectivity index (χ2n) is 4.31. The molecule has 0 aliphatic heterocycles. The van der Waals surface area contributed by atoms with E-state index in [2.05, 4.69) is 9.57 Å². The largest absolute Gasteiger partial charge is 0.459 e. The molecule has 23 heavy (non-hydrogen) atoms. The Balaban J connectivity index is 2.83. The average molecular weight is 324 g/mol. The summed E-state index contributed by atoms with van der Waals surface area (Å²) < 4.78 is 4.68. The Morgan fingerprint density at radius 1 is 1.17 bits per heavy atom. The second kappa shape index (κ2) is 8.22.